The molecule has 0 bridgehead atoms. The van der Waals surface area contributed by atoms with E-state index in [1.54, 1.807) is 12.1 Å². The lowest BCUT2D eigenvalue weighted by molar-refractivity contribution is 0.0843. The quantitative estimate of drug-likeness (QED) is 0.854. The smallest absolute Gasteiger partial charge is 0.252 e. The molecule has 0 radical (unpaired) electrons. The fourth-order valence-corrected chi connectivity index (χ4v) is 1.87. The molecule has 1 unspecified atom stereocenters. The first kappa shape index (κ1) is 16.0. The zero-order chi connectivity index (χ0) is 15.9. The van der Waals surface area contributed by atoms with E-state index in [0.717, 1.165) is 11.3 Å². The Kier molecular flexibility index (Phi) is 5.49. The Labute approximate surface area is 130 Å². The van der Waals surface area contributed by atoms with Crippen molar-refractivity contribution >= 4 is 5.91 Å². The molecule has 0 fully saturated rings. The second kappa shape index (κ2) is 7.56. The van der Waals surface area contributed by atoms with Crippen molar-refractivity contribution in [2.24, 2.45) is 0 Å². The number of aliphatic hydroxyl groups excluding tert-OH is 1. The summed E-state index contributed by atoms with van der Waals surface area (Å²) in [6.07, 6.45) is 0.739. The molecule has 1 atom stereocenters. The number of aromatic nitrogens is 1. The van der Waals surface area contributed by atoms with E-state index in [-0.39, 0.29) is 19.1 Å². The molecule has 2 rings (SSSR count). The molecule has 0 aliphatic heterocycles. The van der Waals surface area contributed by atoms with Gasteiger partial charge in [0.1, 0.15) is 18.5 Å². The van der Waals surface area contributed by atoms with E-state index in [0.29, 0.717) is 11.3 Å². The number of carbonyl (C=O) groups excluding carboxylic acids is 1. The maximum Gasteiger partial charge on any atom is 0.252 e. The molecule has 2 N–H and O–H groups in total. The highest BCUT2D eigenvalue weighted by molar-refractivity contribution is 5.93. The van der Waals surface area contributed by atoms with Gasteiger partial charge in [0.05, 0.1) is 5.56 Å². The second-order valence-electron chi connectivity index (χ2n) is 5.18. The SMILES string of the molecule is Cc1cccc(OCC(O)CNC(=O)c2ccc(C)nc2)c1. The molecule has 5 nitrogen and oxygen atoms in total. The van der Waals surface area contributed by atoms with Crippen LogP contribution in [0.25, 0.3) is 0 Å². The van der Waals surface area contributed by atoms with Gasteiger partial charge in [-0.05, 0) is 43.7 Å². The molecule has 0 aliphatic rings. The molecule has 0 spiro atoms. The number of hydrogen-bond acceptors (Lipinski definition) is 4. The Morgan fingerprint density at radius 2 is 2.14 bits per heavy atom. The van der Waals surface area contributed by atoms with Crippen LogP contribution >= 0.6 is 0 Å². The lowest BCUT2D eigenvalue weighted by Gasteiger charge is -2.13. The predicted octanol–water partition coefficient (Wildman–Crippen LogP) is 1.87. The maximum atomic E-state index is 11.9. The minimum Gasteiger partial charge on any atom is -0.491 e. The molecule has 0 saturated heterocycles. The van der Waals surface area contributed by atoms with E-state index in [1.165, 1.54) is 6.20 Å². The molecule has 2 aromatic rings. The number of pyridine rings is 1. The van der Waals surface area contributed by atoms with E-state index in [1.807, 2.05) is 38.1 Å². The third kappa shape index (κ3) is 4.86. The number of rotatable bonds is 6. The Morgan fingerprint density at radius 1 is 1.32 bits per heavy atom. The van der Waals surface area contributed by atoms with Crippen molar-refractivity contribution < 1.29 is 14.6 Å². The number of nitrogens with one attached hydrogen (secondary N) is 1. The van der Waals surface area contributed by atoms with Crippen LogP contribution < -0.4 is 10.1 Å². The molecule has 116 valence electrons. The van der Waals surface area contributed by atoms with E-state index < -0.39 is 6.10 Å². The van der Waals surface area contributed by atoms with Crippen molar-refractivity contribution in [3.63, 3.8) is 0 Å². The van der Waals surface area contributed by atoms with E-state index in [2.05, 4.69) is 10.3 Å². The summed E-state index contributed by atoms with van der Waals surface area (Å²) in [4.78, 5) is 15.9. The Hall–Kier alpha value is -2.40. The Bertz CT molecular complexity index is 626. The first-order chi connectivity index (χ1) is 10.5. The number of carbonyl (C=O) groups is 1. The number of aliphatic hydroxyl groups is 1. The van der Waals surface area contributed by atoms with Crippen LogP contribution in [-0.2, 0) is 0 Å². The van der Waals surface area contributed by atoms with Gasteiger partial charge < -0.3 is 15.2 Å². The molecular weight excluding hydrogens is 280 g/mol. The van der Waals surface area contributed by atoms with Crippen LogP contribution in [0.5, 0.6) is 5.75 Å². The molecular formula is C17H20N2O3. The van der Waals surface area contributed by atoms with Gasteiger partial charge in [0.15, 0.2) is 0 Å². The second-order valence-corrected chi connectivity index (χ2v) is 5.18. The zero-order valence-electron chi connectivity index (χ0n) is 12.7. The summed E-state index contributed by atoms with van der Waals surface area (Å²) in [7, 11) is 0. The fraction of sp³-hybridized carbons (Fsp3) is 0.294. The average molecular weight is 300 g/mol. The summed E-state index contributed by atoms with van der Waals surface area (Å²) in [5.74, 6) is 0.440. The van der Waals surface area contributed by atoms with Gasteiger partial charge in [-0.1, -0.05) is 12.1 Å². The molecule has 5 heteroatoms. The minimum atomic E-state index is -0.775. The third-order valence-corrected chi connectivity index (χ3v) is 3.10. The molecule has 1 aromatic carbocycles. The fourth-order valence-electron chi connectivity index (χ4n) is 1.87. The summed E-state index contributed by atoms with van der Waals surface area (Å²) >= 11 is 0. The Balaban J connectivity index is 1.76. The van der Waals surface area contributed by atoms with Gasteiger partial charge in [0.2, 0.25) is 0 Å². The van der Waals surface area contributed by atoms with E-state index in [4.69, 9.17) is 4.74 Å². The predicted molar refractivity (Wildman–Crippen MR) is 84.0 cm³/mol. The van der Waals surface area contributed by atoms with Crippen molar-refractivity contribution in [2.75, 3.05) is 13.2 Å². The van der Waals surface area contributed by atoms with E-state index in [9.17, 15) is 9.90 Å². The van der Waals surface area contributed by atoms with Crippen LogP contribution in [0.15, 0.2) is 42.6 Å². The largest absolute Gasteiger partial charge is 0.491 e. The summed E-state index contributed by atoms with van der Waals surface area (Å²) in [6, 6.07) is 11.1. The summed E-state index contributed by atoms with van der Waals surface area (Å²) in [5, 5.41) is 12.5. The van der Waals surface area contributed by atoms with Crippen LogP contribution in [0, 0.1) is 13.8 Å². The summed E-state index contributed by atoms with van der Waals surface area (Å²) in [6.45, 7) is 4.07. The topological polar surface area (TPSA) is 71.5 Å². The first-order valence-electron chi connectivity index (χ1n) is 7.13. The lowest BCUT2D eigenvalue weighted by Crippen LogP contribution is -2.35. The van der Waals surface area contributed by atoms with Gasteiger partial charge in [-0.25, -0.2) is 0 Å². The van der Waals surface area contributed by atoms with Gasteiger partial charge >= 0.3 is 0 Å². The van der Waals surface area contributed by atoms with Crippen LogP contribution in [0.1, 0.15) is 21.6 Å². The van der Waals surface area contributed by atoms with Crippen LogP contribution in [0.2, 0.25) is 0 Å². The first-order valence-corrected chi connectivity index (χ1v) is 7.13. The van der Waals surface area contributed by atoms with Crippen molar-refractivity contribution in [3.8, 4) is 5.75 Å². The number of ether oxygens (including phenoxy) is 1. The highest BCUT2D eigenvalue weighted by atomic mass is 16.5. The van der Waals surface area contributed by atoms with Crippen molar-refractivity contribution in [2.45, 2.75) is 20.0 Å². The highest BCUT2D eigenvalue weighted by Crippen LogP contribution is 2.12. The van der Waals surface area contributed by atoms with Crippen LogP contribution in [0.4, 0.5) is 0 Å². The van der Waals surface area contributed by atoms with Gasteiger partial charge in [-0.3, -0.25) is 9.78 Å². The molecule has 1 heterocycles. The van der Waals surface area contributed by atoms with Crippen molar-refractivity contribution in [1.29, 1.82) is 0 Å². The van der Waals surface area contributed by atoms with Gasteiger partial charge in [-0.2, -0.15) is 0 Å². The van der Waals surface area contributed by atoms with Gasteiger partial charge in [-0.15, -0.1) is 0 Å². The standard InChI is InChI=1S/C17H20N2O3/c1-12-4-3-5-16(8-12)22-11-15(20)10-19-17(21)14-7-6-13(2)18-9-14/h3-9,15,20H,10-11H2,1-2H3,(H,19,21). The molecule has 22 heavy (non-hydrogen) atoms. The average Bonchev–Trinajstić information content (AvgIpc) is 2.51. The molecule has 0 saturated carbocycles. The van der Waals surface area contributed by atoms with Crippen LogP contribution in [-0.4, -0.2) is 35.3 Å². The number of aryl methyl sites for hydroxylation is 2. The van der Waals surface area contributed by atoms with Crippen molar-refractivity contribution in [3.05, 3.63) is 59.4 Å². The third-order valence-electron chi connectivity index (χ3n) is 3.10. The van der Waals surface area contributed by atoms with Crippen LogP contribution in [0.3, 0.4) is 0 Å². The van der Waals surface area contributed by atoms with Crippen molar-refractivity contribution in [1.82, 2.24) is 10.3 Å². The monoisotopic (exact) mass is 300 g/mol. The summed E-state index contributed by atoms with van der Waals surface area (Å²) in [5.41, 5.74) is 2.41. The number of amides is 1. The normalized spacial score (nSPS) is 11.8. The number of benzene rings is 1. The zero-order valence-corrected chi connectivity index (χ0v) is 12.7. The number of nitrogens with zero attached hydrogens (tertiary/aromatic N) is 1. The van der Waals surface area contributed by atoms with E-state index >= 15 is 0 Å². The Morgan fingerprint density at radius 3 is 2.82 bits per heavy atom. The summed E-state index contributed by atoms with van der Waals surface area (Å²) < 4.78 is 5.49. The van der Waals surface area contributed by atoms with Gasteiger partial charge in [0.25, 0.3) is 5.91 Å². The molecule has 0 aliphatic carbocycles. The number of hydrogen-bond donors (Lipinski definition) is 2. The lowest BCUT2D eigenvalue weighted by atomic mass is 10.2. The maximum absolute atomic E-state index is 11.9. The van der Waals surface area contributed by atoms with Gasteiger partial charge in [0, 0.05) is 18.4 Å². The molecule has 1 amide bonds. The molecule has 1 aromatic heterocycles. The minimum absolute atomic E-state index is 0.121. The highest BCUT2D eigenvalue weighted by Gasteiger charge is 2.10.